The zero-order valence-electron chi connectivity index (χ0n) is 16.0. The first-order chi connectivity index (χ1) is 13.7. The van der Waals surface area contributed by atoms with Gasteiger partial charge < -0.3 is 33.2 Å². The van der Waals surface area contributed by atoms with Gasteiger partial charge in [0.2, 0.25) is 0 Å². The lowest BCUT2D eigenvalue weighted by Crippen LogP contribution is -2.57. The molecule has 7 heteroatoms. The van der Waals surface area contributed by atoms with Crippen LogP contribution in [0.4, 0.5) is 0 Å². The number of rotatable bonds is 3. The molecule has 0 saturated carbocycles. The predicted octanol–water partition coefficient (Wildman–Crippen LogP) is 2.01. The van der Waals surface area contributed by atoms with Crippen molar-refractivity contribution in [2.75, 3.05) is 13.2 Å². The molecule has 0 N–H and O–H groups in total. The van der Waals surface area contributed by atoms with E-state index in [4.69, 9.17) is 33.2 Å². The minimum absolute atomic E-state index is 0.000737. The number of benzene rings is 1. The summed E-state index contributed by atoms with van der Waals surface area (Å²) >= 11 is 0. The molecule has 7 nitrogen and oxygen atoms in total. The second-order valence-corrected chi connectivity index (χ2v) is 8.48. The monoisotopic (exact) mass is 390 g/mol. The molecule has 1 aromatic carbocycles. The molecule has 11 atom stereocenters. The fourth-order valence-corrected chi connectivity index (χ4v) is 4.85. The molecule has 0 radical (unpaired) electrons. The molecule has 28 heavy (non-hydrogen) atoms. The molecule has 152 valence electrons. The highest BCUT2D eigenvalue weighted by Gasteiger charge is 2.63. The standard InChI is InChI=1S/C21H26O7/c1-10-11(2)19(28-16-14-9-23-21(25-14)18-17(16)26-18)24-13-8-22-20(27-15(10)13)12-6-4-3-5-7-12/h3-7,10-11,13-21H,8-9H2,1-2H3/t10-,11?,13+,14?,15+,16-,17-,18?,19+,20?,21-/m1/s1. The Hall–Kier alpha value is -1.06. The van der Waals surface area contributed by atoms with Gasteiger partial charge in [0.05, 0.1) is 19.3 Å². The highest BCUT2D eigenvalue weighted by Crippen LogP contribution is 2.45. The van der Waals surface area contributed by atoms with Gasteiger partial charge in [-0.2, -0.15) is 0 Å². The molecule has 0 aromatic heterocycles. The summed E-state index contributed by atoms with van der Waals surface area (Å²) < 4.78 is 42.2. The van der Waals surface area contributed by atoms with Crippen LogP contribution >= 0.6 is 0 Å². The van der Waals surface area contributed by atoms with Crippen molar-refractivity contribution in [3.05, 3.63) is 35.9 Å². The molecule has 0 amide bonds. The molecule has 5 aliphatic heterocycles. The Morgan fingerprint density at radius 1 is 0.786 bits per heavy atom. The summed E-state index contributed by atoms with van der Waals surface area (Å²) in [6, 6.07) is 10.0. The maximum atomic E-state index is 6.40. The van der Waals surface area contributed by atoms with Crippen molar-refractivity contribution in [3.63, 3.8) is 0 Å². The van der Waals surface area contributed by atoms with Gasteiger partial charge in [0, 0.05) is 11.5 Å². The molecule has 5 heterocycles. The molecular weight excluding hydrogens is 364 g/mol. The van der Waals surface area contributed by atoms with Crippen molar-refractivity contribution in [2.45, 2.75) is 69.3 Å². The van der Waals surface area contributed by atoms with Crippen LogP contribution < -0.4 is 0 Å². The van der Waals surface area contributed by atoms with E-state index in [1.807, 2.05) is 30.3 Å². The lowest BCUT2D eigenvalue weighted by Gasteiger charge is -2.48. The maximum absolute atomic E-state index is 6.40. The van der Waals surface area contributed by atoms with Crippen LogP contribution in [0.3, 0.4) is 0 Å². The topological polar surface area (TPSA) is 67.9 Å². The molecule has 0 aliphatic carbocycles. The zero-order valence-corrected chi connectivity index (χ0v) is 16.0. The van der Waals surface area contributed by atoms with Gasteiger partial charge in [-0.3, -0.25) is 0 Å². The average Bonchev–Trinajstić information content (AvgIpc) is 3.42. The summed E-state index contributed by atoms with van der Waals surface area (Å²) in [6.45, 7) is 5.40. The van der Waals surface area contributed by atoms with Crippen LogP contribution in [0.5, 0.6) is 0 Å². The molecule has 5 fully saturated rings. The van der Waals surface area contributed by atoms with E-state index in [1.165, 1.54) is 0 Å². The maximum Gasteiger partial charge on any atom is 0.187 e. The SMILES string of the molecule is CC1[C@H](O[C@@H]2C3CO[C@H](O3)C3O[C@@H]32)O[C@H]2COC(c3ccccc3)O[C@H]2[C@@H]1C. The van der Waals surface area contributed by atoms with Crippen LogP contribution in [0.1, 0.15) is 25.7 Å². The molecule has 0 spiro atoms. The van der Waals surface area contributed by atoms with Crippen molar-refractivity contribution < 1.29 is 33.2 Å². The first-order valence-corrected chi connectivity index (χ1v) is 10.2. The van der Waals surface area contributed by atoms with Crippen molar-refractivity contribution in [3.8, 4) is 0 Å². The minimum Gasteiger partial charge on any atom is -0.361 e. The van der Waals surface area contributed by atoms with Gasteiger partial charge in [0.1, 0.15) is 30.5 Å². The van der Waals surface area contributed by atoms with Crippen LogP contribution in [0, 0.1) is 11.8 Å². The van der Waals surface area contributed by atoms with Crippen LogP contribution in [-0.4, -0.2) is 62.4 Å². The smallest absolute Gasteiger partial charge is 0.187 e. The first-order valence-electron chi connectivity index (χ1n) is 10.2. The van der Waals surface area contributed by atoms with E-state index in [0.29, 0.717) is 13.2 Å². The Morgan fingerprint density at radius 2 is 1.61 bits per heavy atom. The average molecular weight is 390 g/mol. The fraction of sp³-hybridized carbons (Fsp3) is 0.714. The molecule has 1 aromatic rings. The largest absolute Gasteiger partial charge is 0.361 e. The van der Waals surface area contributed by atoms with E-state index < -0.39 is 0 Å². The fourth-order valence-electron chi connectivity index (χ4n) is 4.85. The normalized spacial score (nSPS) is 52.0. The van der Waals surface area contributed by atoms with Gasteiger partial charge in [-0.05, 0) is 5.92 Å². The highest BCUT2D eigenvalue weighted by atomic mass is 16.8. The van der Waals surface area contributed by atoms with Crippen molar-refractivity contribution in [1.29, 1.82) is 0 Å². The summed E-state index contributed by atoms with van der Waals surface area (Å²) in [7, 11) is 0. The summed E-state index contributed by atoms with van der Waals surface area (Å²) in [5, 5.41) is 0. The van der Waals surface area contributed by atoms with Crippen LogP contribution in [0.25, 0.3) is 0 Å². The predicted molar refractivity (Wildman–Crippen MR) is 95.1 cm³/mol. The minimum atomic E-state index is -0.349. The highest BCUT2D eigenvalue weighted by molar-refractivity contribution is 5.16. The molecular formula is C21H26O7. The van der Waals surface area contributed by atoms with E-state index in [1.54, 1.807) is 0 Å². The van der Waals surface area contributed by atoms with Gasteiger partial charge in [-0.25, -0.2) is 0 Å². The summed E-state index contributed by atoms with van der Waals surface area (Å²) in [4.78, 5) is 0. The summed E-state index contributed by atoms with van der Waals surface area (Å²) in [6.07, 6.45) is -1.27. The molecule has 2 bridgehead atoms. The number of hydrogen-bond donors (Lipinski definition) is 0. The van der Waals surface area contributed by atoms with Gasteiger partial charge in [-0.15, -0.1) is 0 Å². The number of epoxide rings is 1. The van der Waals surface area contributed by atoms with E-state index in [2.05, 4.69) is 13.8 Å². The number of ether oxygens (including phenoxy) is 7. The van der Waals surface area contributed by atoms with Gasteiger partial charge in [-0.1, -0.05) is 44.2 Å². The Labute approximate surface area is 164 Å². The van der Waals surface area contributed by atoms with E-state index in [0.717, 1.165) is 5.56 Å². The number of fused-ring (bicyclic) bond motifs is 5. The van der Waals surface area contributed by atoms with E-state index in [9.17, 15) is 0 Å². The first kappa shape index (κ1) is 17.8. The van der Waals surface area contributed by atoms with Crippen molar-refractivity contribution >= 4 is 0 Å². The Kier molecular flexibility index (Phi) is 4.28. The van der Waals surface area contributed by atoms with Crippen LogP contribution in [0.2, 0.25) is 0 Å². The second-order valence-electron chi connectivity index (χ2n) is 8.48. The van der Waals surface area contributed by atoms with Crippen molar-refractivity contribution in [2.24, 2.45) is 11.8 Å². The lowest BCUT2D eigenvalue weighted by atomic mass is 9.84. The quantitative estimate of drug-likeness (QED) is 0.732. The Bertz CT molecular complexity index is 712. The molecule has 6 rings (SSSR count). The lowest BCUT2D eigenvalue weighted by molar-refractivity contribution is -0.352. The third-order valence-corrected chi connectivity index (χ3v) is 6.76. The summed E-state index contributed by atoms with van der Waals surface area (Å²) in [5.41, 5.74) is 1.03. The number of hydrogen-bond acceptors (Lipinski definition) is 7. The van der Waals surface area contributed by atoms with Crippen molar-refractivity contribution in [1.82, 2.24) is 0 Å². The van der Waals surface area contributed by atoms with Crippen LogP contribution in [-0.2, 0) is 33.2 Å². The van der Waals surface area contributed by atoms with Gasteiger partial charge in [0.15, 0.2) is 18.9 Å². The van der Waals surface area contributed by atoms with Crippen LogP contribution in [0.15, 0.2) is 30.3 Å². The molecule has 4 unspecified atom stereocenters. The third kappa shape index (κ3) is 2.84. The van der Waals surface area contributed by atoms with Gasteiger partial charge >= 0.3 is 0 Å². The molecule has 5 aliphatic rings. The molecule has 5 saturated heterocycles. The zero-order chi connectivity index (χ0) is 18.8. The Balaban J connectivity index is 1.15. The summed E-state index contributed by atoms with van der Waals surface area (Å²) in [5.74, 6) is 0.444. The Morgan fingerprint density at radius 3 is 2.46 bits per heavy atom. The second kappa shape index (κ2) is 6.74. The van der Waals surface area contributed by atoms with E-state index >= 15 is 0 Å². The van der Waals surface area contributed by atoms with Gasteiger partial charge in [0.25, 0.3) is 0 Å². The third-order valence-electron chi connectivity index (χ3n) is 6.76. The van der Waals surface area contributed by atoms with E-state index in [-0.39, 0.29) is 67.3 Å².